The van der Waals surface area contributed by atoms with Crippen LogP contribution in [0.15, 0.2) is 36.0 Å². The number of thiophene rings is 1. The molecule has 4 rings (SSSR count). The third-order valence-electron chi connectivity index (χ3n) is 6.99. The fraction of sp³-hybridized carbons (Fsp3) is 0.448. The lowest BCUT2D eigenvalue weighted by molar-refractivity contribution is -0.113. The number of thioether (sulfide) groups is 1. The number of hydrogen-bond donors (Lipinski definition) is 1. The highest BCUT2D eigenvalue weighted by atomic mass is 35.5. The number of nitrogens with zero attached hydrogens (tertiary/aromatic N) is 4. The summed E-state index contributed by atoms with van der Waals surface area (Å²) < 4.78 is 7.73. The molecule has 1 unspecified atom stereocenters. The van der Waals surface area contributed by atoms with Gasteiger partial charge in [-0.3, -0.25) is 4.79 Å². The highest BCUT2D eigenvalue weighted by Crippen LogP contribution is 2.44. The summed E-state index contributed by atoms with van der Waals surface area (Å²) in [5.74, 6) is 1.93. The zero-order chi connectivity index (χ0) is 28.9. The molecule has 11 heteroatoms. The molecule has 1 aliphatic rings. The number of ether oxygens (including phenoxy) is 1. The Labute approximate surface area is 253 Å². The van der Waals surface area contributed by atoms with Gasteiger partial charge in [0.1, 0.15) is 22.6 Å². The Bertz CT molecular complexity index is 1420. The van der Waals surface area contributed by atoms with Gasteiger partial charge < -0.3 is 14.6 Å². The summed E-state index contributed by atoms with van der Waals surface area (Å²) in [4.78, 5) is 14.1. The van der Waals surface area contributed by atoms with Gasteiger partial charge in [-0.1, -0.05) is 61.8 Å². The Morgan fingerprint density at radius 1 is 1.38 bits per heavy atom. The van der Waals surface area contributed by atoms with E-state index in [1.54, 1.807) is 35.6 Å². The van der Waals surface area contributed by atoms with Crippen LogP contribution in [0.2, 0.25) is 10.0 Å². The number of amides is 1. The van der Waals surface area contributed by atoms with Crippen LogP contribution in [-0.4, -0.2) is 33.0 Å². The number of fused-ring (bicyclic) bond motifs is 1. The van der Waals surface area contributed by atoms with Crippen molar-refractivity contribution in [2.75, 3.05) is 17.7 Å². The molecule has 1 aliphatic carbocycles. The van der Waals surface area contributed by atoms with Gasteiger partial charge in [-0.2, -0.15) is 5.26 Å². The van der Waals surface area contributed by atoms with Crippen LogP contribution in [0.1, 0.15) is 55.4 Å². The highest BCUT2D eigenvalue weighted by molar-refractivity contribution is 7.99. The summed E-state index contributed by atoms with van der Waals surface area (Å²) >= 11 is 15.0. The lowest BCUT2D eigenvalue weighted by atomic mass is 9.72. The average Bonchev–Trinajstić information content (AvgIpc) is 3.45. The van der Waals surface area contributed by atoms with Crippen LogP contribution in [-0.2, 0) is 30.6 Å². The van der Waals surface area contributed by atoms with Crippen molar-refractivity contribution in [2.45, 2.75) is 64.6 Å². The zero-order valence-electron chi connectivity index (χ0n) is 22.9. The SMILES string of the molecule is C=CCn1c(CCCOc2ccc(Cl)cc2Cl)nnc1SCC(=O)Nc1sc2c(c1C#N)CCC(C(C)(C)C)C2. The predicted octanol–water partition coefficient (Wildman–Crippen LogP) is 7.60. The van der Waals surface area contributed by atoms with Crippen molar-refractivity contribution in [2.24, 2.45) is 11.3 Å². The number of benzene rings is 1. The van der Waals surface area contributed by atoms with Crippen molar-refractivity contribution in [3.63, 3.8) is 0 Å². The summed E-state index contributed by atoms with van der Waals surface area (Å²) in [7, 11) is 0. The molecule has 1 amide bonds. The third kappa shape index (κ3) is 7.41. The Balaban J connectivity index is 1.34. The topological polar surface area (TPSA) is 92.8 Å². The molecular formula is C29H33Cl2N5O2S2. The van der Waals surface area contributed by atoms with Crippen molar-refractivity contribution in [1.82, 2.24) is 14.8 Å². The normalized spacial score (nSPS) is 14.8. The molecule has 2 heterocycles. The summed E-state index contributed by atoms with van der Waals surface area (Å²) in [5.41, 5.74) is 1.94. The Morgan fingerprint density at radius 3 is 2.88 bits per heavy atom. The Hall–Kier alpha value is -2.51. The van der Waals surface area contributed by atoms with E-state index in [1.807, 2.05) is 4.57 Å². The molecule has 0 saturated heterocycles. The first-order valence-electron chi connectivity index (χ1n) is 13.2. The summed E-state index contributed by atoms with van der Waals surface area (Å²) in [5, 5.41) is 23.8. The molecule has 7 nitrogen and oxygen atoms in total. The minimum atomic E-state index is -0.171. The van der Waals surface area contributed by atoms with Crippen molar-refractivity contribution >= 4 is 57.2 Å². The number of carbonyl (C=O) groups is 1. The van der Waals surface area contributed by atoms with Gasteiger partial charge in [0.05, 0.1) is 22.9 Å². The van der Waals surface area contributed by atoms with E-state index in [2.05, 4.69) is 48.9 Å². The van der Waals surface area contributed by atoms with Crippen LogP contribution in [0.25, 0.3) is 0 Å². The second-order valence-electron chi connectivity index (χ2n) is 10.8. The predicted molar refractivity (Wildman–Crippen MR) is 164 cm³/mol. The molecule has 1 atom stereocenters. The second kappa shape index (κ2) is 13.4. The third-order valence-corrected chi connectivity index (χ3v) is 9.66. The number of nitrogens with one attached hydrogen (secondary N) is 1. The van der Waals surface area contributed by atoms with Crippen LogP contribution in [0.3, 0.4) is 0 Å². The molecule has 3 aromatic rings. The number of aryl methyl sites for hydroxylation is 1. The Morgan fingerprint density at radius 2 is 2.17 bits per heavy atom. The first-order valence-corrected chi connectivity index (χ1v) is 15.7. The molecule has 0 spiro atoms. The Kier molecular flexibility index (Phi) is 10.2. The van der Waals surface area contributed by atoms with E-state index < -0.39 is 0 Å². The van der Waals surface area contributed by atoms with E-state index in [4.69, 9.17) is 27.9 Å². The van der Waals surface area contributed by atoms with E-state index in [9.17, 15) is 10.1 Å². The zero-order valence-corrected chi connectivity index (χ0v) is 26.1. The number of rotatable bonds is 11. The number of aromatic nitrogens is 3. The number of carbonyl (C=O) groups excluding carboxylic acids is 1. The van der Waals surface area contributed by atoms with Gasteiger partial charge in [-0.05, 0) is 60.8 Å². The highest BCUT2D eigenvalue weighted by Gasteiger charge is 2.32. The quantitative estimate of drug-likeness (QED) is 0.135. The fourth-order valence-corrected chi connectivity index (χ4v) is 7.28. The summed E-state index contributed by atoms with van der Waals surface area (Å²) in [6.07, 6.45) is 6.02. The van der Waals surface area contributed by atoms with E-state index in [0.717, 1.165) is 30.7 Å². The maximum atomic E-state index is 12.9. The molecule has 0 saturated carbocycles. The number of halogens is 2. The first kappa shape index (κ1) is 30.4. The molecule has 40 heavy (non-hydrogen) atoms. The van der Waals surface area contributed by atoms with E-state index in [1.165, 1.54) is 16.6 Å². The molecule has 1 N–H and O–H groups in total. The van der Waals surface area contributed by atoms with Crippen LogP contribution in [0.4, 0.5) is 5.00 Å². The smallest absolute Gasteiger partial charge is 0.235 e. The lowest BCUT2D eigenvalue weighted by Crippen LogP contribution is -2.26. The summed E-state index contributed by atoms with van der Waals surface area (Å²) in [6, 6.07) is 7.47. The number of anilines is 1. The molecule has 0 fully saturated rings. The van der Waals surface area contributed by atoms with Crippen LogP contribution >= 0.6 is 46.3 Å². The minimum Gasteiger partial charge on any atom is -0.492 e. The average molecular weight is 619 g/mol. The van der Waals surface area contributed by atoms with Crippen molar-refractivity contribution in [3.8, 4) is 11.8 Å². The lowest BCUT2D eigenvalue weighted by Gasteiger charge is -2.33. The van der Waals surface area contributed by atoms with Crippen molar-refractivity contribution in [3.05, 3.63) is 62.7 Å². The largest absolute Gasteiger partial charge is 0.492 e. The van der Waals surface area contributed by atoms with Gasteiger partial charge in [-0.25, -0.2) is 0 Å². The van der Waals surface area contributed by atoms with Gasteiger partial charge in [0.25, 0.3) is 0 Å². The number of allylic oxidation sites excluding steroid dienone is 1. The first-order chi connectivity index (χ1) is 19.1. The number of nitriles is 1. The molecule has 0 aliphatic heterocycles. The van der Waals surface area contributed by atoms with Gasteiger partial charge in [0.2, 0.25) is 5.91 Å². The second-order valence-corrected chi connectivity index (χ2v) is 13.7. The minimum absolute atomic E-state index is 0.158. The molecule has 1 aromatic carbocycles. The molecule has 212 valence electrons. The standard InChI is InChI=1S/C29H33Cl2N5O2S2/c1-5-12-36-25(7-6-13-38-23-11-9-19(30)15-22(23)31)34-35-28(36)39-17-26(37)33-27-21(16-32)20-10-8-18(29(2,3)4)14-24(20)40-27/h5,9,11,15,18H,1,6-8,10,12-14,17H2,2-4H3,(H,33,37). The molecular weight excluding hydrogens is 585 g/mol. The van der Waals surface area contributed by atoms with Crippen molar-refractivity contribution in [1.29, 1.82) is 5.26 Å². The van der Waals surface area contributed by atoms with Gasteiger partial charge in [0, 0.05) is 22.9 Å². The van der Waals surface area contributed by atoms with Crippen molar-refractivity contribution < 1.29 is 9.53 Å². The van der Waals surface area contributed by atoms with E-state index in [0.29, 0.717) is 63.4 Å². The van der Waals surface area contributed by atoms with E-state index in [-0.39, 0.29) is 17.1 Å². The fourth-order valence-electron chi connectivity index (χ4n) is 4.75. The van der Waals surface area contributed by atoms with Gasteiger partial charge in [0.15, 0.2) is 5.16 Å². The molecule has 0 radical (unpaired) electrons. The van der Waals surface area contributed by atoms with Crippen LogP contribution in [0.5, 0.6) is 5.75 Å². The van der Waals surface area contributed by atoms with Crippen LogP contribution in [0, 0.1) is 22.7 Å². The molecule has 0 bridgehead atoms. The maximum absolute atomic E-state index is 12.9. The van der Waals surface area contributed by atoms with Gasteiger partial charge in [-0.15, -0.1) is 28.1 Å². The number of hydrogen-bond acceptors (Lipinski definition) is 7. The van der Waals surface area contributed by atoms with Crippen LogP contribution < -0.4 is 10.1 Å². The summed E-state index contributed by atoms with van der Waals surface area (Å²) in [6.45, 7) is 11.6. The van der Waals surface area contributed by atoms with Gasteiger partial charge >= 0.3 is 0 Å². The van der Waals surface area contributed by atoms with E-state index >= 15 is 0 Å². The monoisotopic (exact) mass is 617 g/mol. The maximum Gasteiger partial charge on any atom is 0.235 e. The molecule has 2 aromatic heterocycles.